The Bertz CT molecular complexity index is 381. The van der Waals surface area contributed by atoms with Crippen molar-refractivity contribution in [3.05, 3.63) is 11.6 Å². The van der Waals surface area contributed by atoms with Crippen molar-refractivity contribution in [1.82, 2.24) is 0 Å². The highest BCUT2D eigenvalue weighted by Crippen LogP contribution is 2.59. The van der Waals surface area contributed by atoms with Gasteiger partial charge in [0.05, 0.1) is 24.4 Å². The minimum Gasteiger partial charge on any atom is -0.381 e. The largest absolute Gasteiger partial charge is 0.381 e. The molecule has 3 aliphatic rings. The second kappa shape index (κ2) is 4.57. The van der Waals surface area contributed by atoms with Gasteiger partial charge in [-0.2, -0.15) is 0 Å². The van der Waals surface area contributed by atoms with Crippen molar-refractivity contribution in [2.45, 2.75) is 69.9 Å². The van der Waals surface area contributed by atoms with Crippen LogP contribution in [0.25, 0.3) is 0 Å². The number of rotatable bonds is 4. The number of ether oxygens (including phenoxy) is 3. The molecule has 4 unspecified atom stereocenters. The minimum atomic E-state index is -0.0520. The van der Waals surface area contributed by atoms with Crippen molar-refractivity contribution < 1.29 is 14.2 Å². The van der Waals surface area contributed by atoms with E-state index < -0.39 is 0 Å². The van der Waals surface area contributed by atoms with E-state index in [-0.39, 0.29) is 17.3 Å². The third-order valence-electron chi connectivity index (χ3n) is 5.18. The molecule has 0 amide bonds. The van der Waals surface area contributed by atoms with Crippen molar-refractivity contribution >= 4 is 0 Å². The Hall–Kier alpha value is -0.380. The molecule has 3 rings (SSSR count). The quantitative estimate of drug-likeness (QED) is 0.579. The third kappa shape index (κ3) is 2.26. The summed E-state index contributed by atoms with van der Waals surface area (Å²) in [5, 5.41) is 0. The normalized spacial score (nSPS) is 48.1. The van der Waals surface area contributed by atoms with Crippen LogP contribution in [-0.2, 0) is 14.2 Å². The average Bonchev–Trinajstić information content (AvgIpc) is 3.26. The van der Waals surface area contributed by atoms with Gasteiger partial charge in [0, 0.05) is 13.0 Å². The standard InChI is InChI=1S/C16H26O3/c1-11(2)7-8-13-15(3,19-13)14-12(17-4)6-5-9-16(14)10-18-16/h7,12-14H,5-6,8-10H2,1-4H3/t12-,13?,14?,15?,16?/m1/s1. The molecule has 2 saturated heterocycles. The molecule has 0 N–H and O–H groups in total. The van der Waals surface area contributed by atoms with Crippen LogP contribution in [0.5, 0.6) is 0 Å². The van der Waals surface area contributed by atoms with Crippen LogP contribution < -0.4 is 0 Å². The lowest BCUT2D eigenvalue weighted by molar-refractivity contribution is -0.0492. The van der Waals surface area contributed by atoms with Crippen LogP contribution in [0.3, 0.4) is 0 Å². The van der Waals surface area contributed by atoms with Gasteiger partial charge in [0.25, 0.3) is 0 Å². The van der Waals surface area contributed by atoms with E-state index in [0.29, 0.717) is 12.0 Å². The number of allylic oxidation sites excluding steroid dienone is 1. The van der Waals surface area contributed by atoms with Gasteiger partial charge in [-0.3, -0.25) is 0 Å². The van der Waals surface area contributed by atoms with Crippen molar-refractivity contribution in [2.24, 2.45) is 5.92 Å². The predicted octanol–water partition coefficient (Wildman–Crippen LogP) is 3.08. The second-order valence-electron chi connectivity index (χ2n) is 6.81. The van der Waals surface area contributed by atoms with Crippen LogP contribution >= 0.6 is 0 Å². The Morgan fingerprint density at radius 2 is 2.16 bits per heavy atom. The lowest BCUT2D eigenvalue weighted by atomic mass is 9.69. The van der Waals surface area contributed by atoms with E-state index in [4.69, 9.17) is 14.2 Å². The highest BCUT2D eigenvalue weighted by atomic mass is 16.6. The Balaban J connectivity index is 1.74. The first-order chi connectivity index (χ1) is 9.02. The van der Waals surface area contributed by atoms with Crippen molar-refractivity contribution in [3.8, 4) is 0 Å². The highest BCUT2D eigenvalue weighted by Gasteiger charge is 2.70. The zero-order valence-electron chi connectivity index (χ0n) is 12.6. The van der Waals surface area contributed by atoms with E-state index >= 15 is 0 Å². The molecule has 3 heteroatoms. The molecule has 2 aliphatic heterocycles. The van der Waals surface area contributed by atoms with Crippen molar-refractivity contribution in [1.29, 1.82) is 0 Å². The molecule has 1 aliphatic carbocycles. The smallest absolute Gasteiger partial charge is 0.100 e. The Morgan fingerprint density at radius 1 is 1.42 bits per heavy atom. The molecule has 0 aromatic heterocycles. The fraction of sp³-hybridized carbons (Fsp3) is 0.875. The number of epoxide rings is 2. The van der Waals surface area contributed by atoms with E-state index in [2.05, 4.69) is 26.8 Å². The molecule has 0 bridgehead atoms. The minimum absolute atomic E-state index is 0.0520. The molecule has 5 atom stereocenters. The lowest BCUT2D eigenvalue weighted by Crippen LogP contribution is -2.48. The van der Waals surface area contributed by atoms with E-state index in [1.165, 1.54) is 18.4 Å². The SMILES string of the molecule is CO[C@@H]1CCCC2(CO2)C1C1(C)OC1CC=C(C)C. The maximum absolute atomic E-state index is 6.10. The molecule has 2 heterocycles. The van der Waals surface area contributed by atoms with Gasteiger partial charge in [-0.15, -0.1) is 0 Å². The molecule has 3 nitrogen and oxygen atoms in total. The number of hydrogen-bond donors (Lipinski definition) is 0. The fourth-order valence-electron chi connectivity index (χ4n) is 4.00. The van der Waals surface area contributed by atoms with E-state index in [0.717, 1.165) is 19.4 Å². The zero-order valence-corrected chi connectivity index (χ0v) is 12.6. The first-order valence-corrected chi connectivity index (χ1v) is 7.50. The molecule has 3 fully saturated rings. The first kappa shape index (κ1) is 13.6. The summed E-state index contributed by atoms with van der Waals surface area (Å²) in [6.45, 7) is 7.43. The average molecular weight is 266 g/mol. The third-order valence-corrected chi connectivity index (χ3v) is 5.18. The van der Waals surface area contributed by atoms with Gasteiger partial charge >= 0.3 is 0 Å². The Labute approximate surface area is 116 Å². The van der Waals surface area contributed by atoms with Crippen LogP contribution in [-0.4, -0.2) is 37.1 Å². The van der Waals surface area contributed by atoms with Crippen LogP contribution in [0.4, 0.5) is 0 Å². The Morgan fingerprint density at radius 3 is 2.74 bits per heavy atom. The molecule has 0 aromatic carbocycles. The van der Waals surface area contributed by atoms with E-state index in [9.17, 15) is 0 Å². The molecular formula is C16H26O3. The molecular weight excluding hydrogens is 240 g/mol. The van der Waals surface area contributed by atoms with Crippen LogP contribution in [0, 0.1) is 5.92 Å². The molecule has 1 spiro atoms. The molecule has 0 aromatic rings. The summed E-state index contributed by atoms with van der Waals surface area (Å²) >= 11 is 0. The summed E-state index contributed by atoms with van der Waals surface area (Å²) in [6, 6.07) is 0. The van der Waals surface area contributed by atoms with Gasteiger partial charge in [-0.05, 0) is 46.5 Å². The fourth-order valence-corrected chi connectivity index (χ4v) is 4.00. The van der Waals surface area contributed by atoms with Crippen LogP contribution in [0.15, 0.2) is 11.6 Å². The maximum atomic E-state index is 6.10. The summed E-state index contributed by atoms with van der Waals surface area (Å²) in [6.07, 6.45) is 7.45. The summed E-state index contributed by atoms with van der Waals surface area (Å²) in [5.41, 5.74) is 1.37. The maximum Gasteiger partial charge on any atom is 0.100 e. The highest BCUT2D eigenvalue weighted by molar-refractivity contribution is 5.19. The van der Waals surface area contributed by atoms with Crippen LogP contribution in [0.2, 0.25) is 0 Å². The van der Waals surface area contributed by atoms with Crippen molar-refractivity contribution in [3.63, 3.8) is 0 Å². The number of hydrogen-bond acceptors (Lipinski definition) is 3. The van der Waals surface area contributed by atoms with E-state index in [1.807, 2.05) is 7.11 Å². The van der Waals surface area contributed by atoms with Gasteiger partial charge in [-0.1, -0.05) is 11.6 Å². The molecule has 1 saturated carbocycles. The van der Waals surface area contributed by atoms with Gasteiger partial charge in [0.15, 0.2) is 0 Å². The molecule has 108 valence electrons. The van der Waals surface area contributed by atoms with Gasteiger partial charge in [-0.25, -0.2) is 0 Å². The molecule has 0 radical (unpaired) electrons. The second-order valence-corrected chi connectivity index (χ2v) is 6.81. The first-order valence-electron chi connectivity index (χ1n) is 7.50. The zero-order chi connectivity index (χ0) is 13.7. The van der Waals surface area contributed by atoms with E-state index in [1.54, 1.807) is 0 Å². The van der Waals surface area contributed by atoms with Crippen molar-refractivity contribution in [2.75, 3.05) is 13.7 Å². The molecule has 19 heavy (non-hydrogen) atoms. The summed E-state index contributed by atoms with van der Waals surface area (Å²) < 4.78 is 17.7. The summed E-state index contributed by atoms with van der Waals surface area (Å²) in [7, 11) is 1.83. The summed E-state index contributed by atoms with van der Waals surface area (Å²) in [4.78, 5) is 0. The monoisotopic (exact) mass is 266 g/mol. The topological polar surface area (TPSA) is 34.3 Å². The van der Waals surface area contributed by atoms with Gasteiger partial charge in [0.2, 0.25) is 0 Å². The van der Waals surface area contributed by atoms with Gasteiger partial charge < -0.3 is 14.2 Å². The van der Waals surface area contributed by atoms with Gasteiger partial charge in [0.1, 0.15) is 5.60 Å². The predicted molar refractivity (Wildman–Crippen MR) is 74.1 cm³/mol. The summed E-state index contributed by atoms with van der Waals surface area (Å²) in [5.74, 6) is 0.398. The Kier molecular flexibility index (Phi) is 3.27. The lowest BCUT2D eigenvalue weighted by Gasteiger charge is -2.38. The number of methoxy groups -OCH3 is 1. The van der Waals surface area contributed by atoms with Crippen LogP contribution in [0.1, 0.15) is 46.5 Å².